The van der Waals surface area contributed by atoms with E-state index < -0.39 is 0 Å². The molecule has 2 N–H and O–H groups in total. The molecule has 0 unspecified atom stereocenters. The third-order valence-corrected chi connectivity index (χ3v) is 4.32. The number of aryl methyl sites for hydroxylation is 2. The van der Waals surface area contributed by atoms with Crippen LogP contribution in [0.1, 0.15) is 25.0 Å². The quantitative estimate of drug-likeness (QED) is 0.218. The number of nitrogens with zero attached hydrogens (tertiary/aromatic N) is 4. The number of benzene rings is 1. The van der Waals surface area contributed by atoms with E-state index in [2.05, 4.69) is 92.6 Å². The first-order chi connectivity index (χ1) is 13.1. The van der Waals surface area contributed by atoms with Gasteiger partial charge >= 0.3 is 0 Å². The summed E-state index contributed by atoms with van der Waals surface area (Å²) in [5.41, 5.74) is 8.73. The predicted octanol–water partition coefficient (Wildman–Crippen LogP) is 0.230. The van der Waals surface area contributed by atoms with Crippen molar-refractivity contribution in [1.82, 2.24) is 15.3 Å². The molecule has 2 heterocycles. The van der Waals surface area contributed by atoms with E-state index in [1.807, 2.05) is 13.8 Å². The minimum absolute atomic E-state index is 0. The topological polar surface area (TPSA) is 57.8 Å². The minimum Gasteiger partial charge on any atom is -1.00 e. The molecule has 8 heteroatoms. The SMILES string of the molecule is Br.CCN=C(NCC)N/N=C/c1ccc(-c2c[n+]3cc(C)ccc3n2C)cc1.[Br-]. The normalized spacial score (nSPS) is 11.2. The van der Waals surface area contributed by atoms with E-state index in [0.29, 0.717) is 12.5 Å². The van der Waals surface area contributed by atoms with Crippen molar-refractivity contribution in [2.45, 2.75) is 20.8 Å². The number of imidazole rings is 1. The average Bonchev–Trinajstić information content (AvgIpc) is 2.98. The highest BCUT2D eigenvalue weighted by molar-refractivity contribution is 8.93. The van der Waals surface area contributed by atoms with Crippen molar-refractivity contribution in [3.8, 4) is 11.3 Å². The summed E-state index contributed by atoms with van der Waals surface area (Å²) in [6, 6.07) is 12.7. The zero-order chi connectivity index (χ0) is 19.2. The smallest absolute Gasteiger partial charge is 0.286 e. The van der Waals surface area contributed by atoms with Gasteiger partial charge in [0.05, 0.1) is 19.5 Å². The molecule has 0 amide bonds. The molecular formula is C21H28Br2N6. The second-order valence-electron chi connectivity index (χ2n) is 6.39. The fraction of sp³-hybridized carbons (Fsp3) is 0.286. The second kappa shape index (κ2) is 11.7. The Morgan fingerprint density at radius 1 is 1.10 bits per heavy atom. The number of hydrazone groups is 1. The number of guanidine groups is 1. The first-order valence-electron chi connectivity index (χ1n) is 9.27. The lowest BCUT2D eigenvalue weighted by atomic mass is 10.1. The summed E-state index contributed by atoms with van der Waals surface area (Å²) >= 11 is 0. The zero-order valence-corrected chi connectivity index (χ0v) is 20.5. The van der Waals surface area contributed by atoms with Gasteiger partial charge in [-0.1, -0.05) is 12.1 Å². The van der Waals surface area contributed by atoms with Gasteiger partial charge in [-0.3, -0.25) is 4.99 Å². The molecule has 1 aromatic carbocycles. The van der Waals surface area contributed by atoms with Gasteiger partial charge in [-0.25, -0.2) is 14.4 Å². The van der Waals surface area contributed by atoms with Gasteiger partial charge in [-0.05, 0) is 50.1 Å². The molecule has 3 rings (SSSR count). The van der Waals surface area contributed by atoms with Crippen molar-refractivity contribution >= 4 is 34.8 Å². The van der Waals surface area contributed by atoms with E-state index in [4.69, 9.17) is 0 Å². The Bertz CT molecular complexity index is 977. The van der Waals surface area contributed by atoms with Crippen LogP contribution in [0.25, 0.3) is 16.9 Å². The third-order valence-electron chi connectivity index (χ3n) is 4.32. The molecule has 29 heavy (non-hydrogen) atoms. The highest BCUT2D eigenvalue weighted by Gasteiger charge is 2.15. The predicted molar refractivity (Wildman–Crippen MR) is 121 cm³/mol. The van der Waals surface area contributed by atoms with Crippen LogP contribution >= 0.6 is 17.0 Å². The van der Waals surface area contributed by atoms with Gasteiger partial charge in [0.15, 0.2) is 5.69 Å². The summed E-state index contributed by atoms with van der Waals surface area (Å²) in [5.74, 6) is 0.690. The molecule has 6 nitrogen and oxygen atoms in total. The molecule has 0 radical (unpaired) electrons. The molecule has 0 fully saturated rings. The molecule has 0 atom stereocenters. The Kier molecular flexibility index (Phi) is 10.0. The fourth-order valence-electron chi connectivity index (χ4n) is 2.98. The van der Waals surface area contributed by atoms with E-state index >= 15 is 0 Å². The highest BCUT2D eigenvalue weighted by atomic mass is 79.9. The van der Waals surface area contributed by atoms with Crippen LogP contribution < -0.4 is 32.1 Å². The Labute approximate surface area is 193 Å². The van der Waals surface area contributed by atoms with E-state index in [1.54, 1.807) is 6.21 Å². The van der Waals surface area contributed by atoms with E-state index in [9.17, 15) is 0 Å². The lowest BCUT2D eigenvalue weighted by Crippen LogP contribution is -3.00. The average molecular weight is 524 g/mol. The molecule has 0 saturated heterocycles. The van der Waals surface area contributed by atoms with Crippen molar-refractivity contribution in [2.75, 3.05) is 13.1 Å². The van der Waals surface area contributed by atoms with Crippen LogP contribution in [0.15, 0.2) is 58.9 Å². The molecule has 0 aliphatic rings. The van der Waals surface area contributed by atoms with E-state index in [-0.39, 0.29) is 34.0 Å². The van der Waals surface area contributed by atoms with Gasteiger partial charge in [0.1, 0.15) is 6.20 Å². The van der Waals surface area contributed by atoms with Crippen LogP contribution in [0.3, 0.4) is 0 Å². The number of hydrogen-bond acceptors (Lipinski definition) is 2. The van der Waals surface area contributed by atoms with Crippen LogP contribution in [0, 0.1) is 6.92 Å². The molecule has 156 valence electrons. The van der Waals surface area contributed by atoms with Crippen molar-refractivity contribution in [2.24, 2.45) is 17.1 Å². The molecule has 0 aliphatic carbocycles. The summed E-state index contributed by atoms with van der Waals surface area (Å²) < 4.78 is 4.37. The van der Waals surface area contributed by atoms with Gasteiger partial charge in [0.25, 0.3) is 5.65 Å². The first kappa shape index (κ1) is 24.8. The number of pyridine rings is 1. The zero-order valence-electron chi connectivity index (χ0n) is 17.2. The summed E-state index contributed by atoms with van der Waals surface area (Å²) in [6.45, 7) is 7.64. The van der Waals surface area contributed by atoms with Gasteiger partial charge in [-0.15, -0.1) is 17.0 Å². The van der Waals surface area contributed by atoms with Crippen LogP contribution in [0.5, 0.6) is 0 Å². The highest BCUT2D eigenvalue weighted by Crippen LogP contribution is 2.20. The number of aromatic nitrogens is 2. The maximum Gasteiger partial charge on any atom is 0.286 e. The number of fused-ring (bicyclic) bond motifs is 1. The van der Waals surface area contributed by atoms with Crippen LogP contribution in [-0.2, 0) is 7.05 Å². The number of halogens is 2. The van der Waals surface area contributed by atoms with Gasteiger partial charge in [0.2, 0.25) is 5.96 Å². The van der Waals surface area contributed by atoms with Gasteiger partial charge in [-0.2, -0.15) is 5.10 Å². The van der Waals surface area contributed by atoms with E-state index in [0.717, 1.165) is 17.8 Å². The van der Waals surface area contributed by atoms with Crippen molar-refractivity contribution < 1.29 is 21.4 Å². The molecule has 0 spiro atoms. The van der Waals surface area contributed by atoms with Crippen LogP contribution in [-0.4, -0.2) is 29.8 Å². The Morgan fingerprint density at radius 2 is 1.83 bits per heavy atom. The van der Waals surface area contributed by atoms with Crippen molar-refractivity contribution in [3.05, 3.63) is 59.9 Å². The van der Waals surface area contributed by atoms with Crippen molar-refractivity contribution in [3.63, 3.8) is 0 Å². The number of rotatable bonds is 5. The maximum absolute atomic E-state index is 4.31. The Balaban J connectivity index is 0.00000210. The summed E-state index contributed by atoms with van der Waals surface area (Å²) in [5, 5.41) is 7.41. The van der Waals surface area contributed by atoms with E-state index in [1.165, 1.54) is 16.8 Å². The van der Waals surface area contributed by atoms with Crippen molar-refractivity contribution in [1.29, 1.82) is 0 Å². The van der Waals surface area contributed by atoms with Gasteiger partial charge < -0.3 is 22.3 Å². The molecular weight excluding hydrogens is 496 g/mol. The molecule has 2 aromatic heterocycles. The first-order valence-corrected chi connectivity index (χ1v) is 9.27. The lowest BCUT2D eigenvalue weighted by Gasteiger charge is -2.05. The Hall–Kier alpha value is -2.19. The largest absolute Gasteiger partial charge is 1.00 e. The summed E-state index contributed by atoms with van der Waals surface area (Å²) in [7, 11) is 2.09. The number of hydrogen-bond donors (Lipinski definition) is 2. The lowest BCUT2D eigenvalue weighted by molar-refractivity contribution is -0.510. The monoisotopic (exact) mass is 522 g/mol. The molecule has 0 aliphatic heterocycles. The Morgan fingerprint density at radius 3 is 2.48 bits per heavy atom. The number of nitrogens with one attached hydrogen (secondary N) is 2. The summed E-state index contributed by atoms with van der Waals surface area (Å²) in [6.07, 6.45) is 6.11. The van der Waals surface area contributed by atoms with Crippen LogP contribution in [0.2, 0.25) is 0 Å². The van der Waals surface area contributed by atoms with Crippen LogP contribution in [0.4, 0.5) is 0 Å². The molecule has 0 saturated carbocycles. The molecule has 3 aromatic rings. The number of aliphatic imine (C=N–C) groups is 1. The maximum atomic E-state index is 4.31. The second-order valence-corrected chi connectivity index (χ2v) is 6.39. The molecule has 0 bridgehead atoms. The third kappa shape index (κ3) is 6.14. The standard InChI is InChI=1S/C21H27N6.2BrH/c1-5-22-21(23-6-2)25-24-13-17-8-10-18(11-9-17)19-15-27-14-16(3)7-12-20(27)26(19)4;;/h7-15H,5-6H2,1-4H3,(H2,22,23,25);2*1H/q+1;;/p-1/b24-13+;;. The summed E-state index contributed by atoms with van der Waals surface area (Å²) in [4.78, 5) is 4.31. The minimum atomic E-state index is 0. The fourth-order valence-corrected chi connectivity index (χ4v) is 2.98. The van der Waals surface area contributed by atoms with Gasteiger partial charge in [0, 0.05) is 24.7 Å².